The number of aryl methyl sites for hydroxylation is 1. The molecule has 2 N–H and O–H groups in total. The molecule has 0 bridgehead atoms. The van der Waals surface area contributed by atoms with Gasteiger partial charge in [0.05, 0.1) is 12.6 Å². The van der Waals surface area contributed by atoms with Gasteiger partial charge in [0.1, 0.15) is 12.7 Å². The lowest BCUT2D eigenvalue weighted by Gasteiger charge is -2.26. The molecule has 1 aliphatic rings. The second kappa shape index (κ2) is 5.77. The largest absolute Gasteiger partial charge is 0.393 e. The molecule has 6 nitrogen and oxygen atoms in total. The molecule has 0 atom stereocenters. The topological polar surface area (TPSA) is 80.0 Å². The van der Waals surface area contributed by atoms with Gasteiger partial charge in [0.25, 0.3) is 0 Å². The molecule has 0 spiro atoms. The molecular weight excluding hydrogens is 220 g/mol. The number of carbonyl (C=O) groups is 1. The third-order valence-electron chi connectivity index (χ3n) is 3.10. The van der Waals surface area contributed by atoms with Crippen molar-refractivity contribution in [1.82, 2.24) is 20.1 Å². The van der Waals surface area contributed by atoms with E-state index in [2.05, 4.69) is 15.4 Å². The average molecular weight is 238 g/mol. The first-order valence-corrected chi connectivity index (χ1v) is 6.04. The van der Waals surface area contributed by atoms with Crippen molar-refractivity contribution in [3.05, 3.63) is 12.7 Å². The molecule has 6 heteroatoms. The number of hydrogen-bond acceptors (Lipinski definition) is 4. The highest BCUT2D eigenvalue weighted by molar-refractivity contribution is 5.76. The van der Waals surface area contributed by atoms with Gasteiger partial charge in [-0.3, -0.25) is 9.48 Å². The van der Waals surface area contributed by atoms with E-state index in [0.717, 1.165) is 25.7 Å². The molecule has 1 saturated carbocycles. The van der Waals surface area contributed by atoms with E-state index in [4.69, 9.17) is 0 Å². The van der Waals surface area contributed by atoms with Crippen LogP contribution in [0, 0.1) is 0 Å². The Morgan fingerprint density at radius 2 is 2.18 bits per heavy atom. The average Bonchev–Trinajstić information content (AvgIpc) is 2.83. The monoisotopic (exact) mass is 238 g/mol. The summed E-state index contributed by atoms with van der Waals surface area (Å²) in [4.78, 5) is 15.5. The van der Waals surface area contributed by atoms with Crippen LogP contribution in [0.5, 0.6) is 0 Å². The highest BCUT2D eigenvalue weighted by Gasteiger charge is 2.20. The first-order valence-electron chi connectivity index (χ1n) is 6.04. The fourth-order valence-corrected chi connectivity index (χ4v) is 2.08. The van der Waals surface area contributed by atoms with Crippen molar-refractivity contribution in [2.75, 3.05) is 0 Å². The van der Waals surface area contributed by atoms with Crippen molar-refractivity contribution in [3.8, 4) is 0 Å². The Morgan fingerprint density at radius 1 is 1.41 bits per heavy atom. The maximum Gasteiger partial charge on any atom is 0.222 e. The summed E-state index contributed by atoms with van der Waals surface area (Å²) in [6.45, 7) is 0.557. The molecule has 0 saturated heterocycles. The molecule has 0 aliphatic heterocycles. The Labute approximate surface area is 100 Å². The Balaban J connectivity index is 1.67. The van der Waals surface area contributed by atoms with E-state index >= 15 is 0 Å². The van der Waals surface area contributed by atoms with Crippen LogP contribution >= 0.6 is 0 Å². The van der Waals surface area contributed by atoms with Gasteiger partial charge < -0.3 is 10.4 Å². The zero-order chi connectivity index (χ0) is 12.1. The first kappa shape index (κ1) is 12.0. The van der Waals surface area contributed by atoms with Crippen LogP contribution in [-0.4, -0.2) is 37.9 Å². The van der Waals surface area contributed by atoms with E-state index in [0.29, 0.717) is 13.0 Å². The molecule has 1 aromatic heterocycles. The third-order valence-corrected chi connectivity index (χ3v) is 3.10. The Morgan fingerprint density at radius 3 is 2.82 bits per heavy atom. The van der Waals surface area contributed by atoms with Crippen molar-refractivity contribution in [2.45, 2.75) is 50.8 Å². The number of aliphatic hydroxyl groups excluding tert-OH is 1. The Hall–Kier alpha value is -1.43. The molecule has 0 radical (unpaired) electrons. The second-order valence-corrected chi connectivity index (χ2v) is 4.48. The minimum atomic E-state index is -0.182. The van der Waals surface area contributed by atoms with Gasteiger partial charge in [-0.2, -0.15) is 5.10 Å². The van der Waals surface area contributed by atoms with Crippen molar-refractivity contribution in [2.24, 2.45) is 0 Å². The van der Waals surface area contributed by atoms with Crippen molar-refractivity contribution < 1.29 is 9.90 Å². The molecule has 1 aliphatic carbocycles. The van der Waals surface area contributed by atoms with Crippen LogP contribution in [0.3, 0.4) is 0 Å². The molecule has 1 aromatic rings. The van der Waals surface area contributed by atoms with Crippen LogP contribution in [-0.2, 0) is 11.3 Å². The maximum absolute atomic E-state index is 11.7. The fraction of sp³-hybridized carbons (Fsp3) is 0.727. The van der Waals surface area contributed by atoms with E-state index in [9.17, 15) is 9.90 Å². The third kappa shape index (κ3) is 3.81. The predicted molar refractivity (Wildman–Crippen MR) is 61.0 cm³/mol. The van der Waals surface area contributed by atoms with Gasteiger partial charge in [0, 0.05) is 12.5 Å². The van der Waals surface area contributed by atoms with Crippen LogP contribution < -0.4 is 5.32 Å². The molecule has 1 heterocycles. The summed E-state index contributed by atoms with van der Waals surface area (Å²) < 4.78 is 1.64. The normalized spacial score (nSPS) is 24.5. The van der Waals surface area contributed by atoms with Gasteiger partial charge in [-0.25, -0.2) is 4.98 Å². The summed E-state index contributed by atoms with van der Waals surface area (Å²) in [5, 5.41) is 16.3. The lowest BCUT2D eigenvalue weighted by molar-refractivity contribution is -0.122. The van der Waals surface area contributed by atoms with Crippen LogP contribution in [0.25, 0.3) is 0 Å². The lowest BCUT2D eigenvalue weighted by atomic mass is 9.93. The van der Waals surface area contributed by atoms with E-state index in [1.807, 2.05) is 0 Å². The predicted octanol–water partition coefficient (Wildman–Crippen LogP) is 0.0879. The van der Waals surface area contributed by atoms with E-state index in [1.54, 1.807) is 11.0 Å². The zero-order valence-corrected chi connectivity index (χ0v) is 9.75. The molecule has 17 heavy (non-hydrogen) atoms. The quantitative estimate of drug-likeness (QED) is 0.779. The number of nitrogens with one attached hydrogen (secondary N) is 1. The molecule has 0 unspecified atom stereocenters. The first-order chi connectivity index (χ1) is 8.24. The van der Waals surface area contributed by atoms with Crippen molar-refractivity contribution >= 4 is 5.91 Å². The second-order valence-electron chi connectivity index (χ2n) is 4.48. The lowest BCUT2D eigenvalue weighted by Crippen LogP contribution is -2.38. The summed E-state index contributed by atoms with van der Waals surface area (Å²) in [5.41, 5.74) is 0. The standard InChI is InChI=1S/C11H18N4O2/c16-10-3-1-9(2-4-10)14-11(17)5-6-15-8-12-7-13-15/h7-10,16H,1-6H2,(H,14,17). The fourth-order valence-electron chi connectivity index (χ4n) is 2.08. The summed E-state index contributed by atoms with van der Waals surface area (Å²) in [5.74, 6) is 0.0434. The van der Waals surface area contributed by atoms with Gasteiger partial charge in [-0.1, -0.05) is 0 Å². The van der Waals surface area contributed by atoms with E-state index < -0.39 is 0 Å². The molecule has 2 rings (SSSR count). The molecule has 1 fully saturated rings. The van der Waals surface area contributed by atoms with Gasteiger partial charge in [0.2, 0.25) is 5.91 Å². The number of aromatic nitrogens is 3. The number of amides is 1. The van der Waals surface area contributed by atoms with E-state index in [-0.39, 0.29) is 18.1 Å². The summed E-state index contributed by atoms with van der Waals surface area (Å²) in [6.07, 6.45) is 6.61. The van der Waals surface area contributed by atoms with Crippen LogP contribution in [0.15, 0.2) is 12.7 Å². The summed E-state index contributed by atoms with van der Waals surface area (Å²) in [7, 11) is 0. The van der Waals surface area contributed by atoms with Crippen LogP contribution in [0.2, 0.25) is 0 Å². The van der Waals surface area contributed by atoms with Gasteiger partial charge in [-0.05, 0) is 25.7 Å². The number of aliphatic hydroxyl groups is 1. The SMILES string of the molecule is O=C(CCn1cncn1)NC1CCC(O)CC1. The number of carbonyl (C=O) groups excluding carboxylic acids is 1. The van der Waals surface area contributed by atoms with Crippen LogP contribution in [0.4, 0.5) is 0 Å². The smallest absolute Gasteiger partial charge is 0.222 e. The molecule has 1 amide bonds. The van der Waals surface area contributed by atoms with Crippen molar-refractivity contribution in [3.63, 3.8) is 0 Å². The highest BCUT2D eigenvalue weighted by Crippen LogP contribution is 2.18. The van der Waals surface area contributed by atoms with Gasteiger partial charge in [-0.15, -0.1) is 0 Å². The number of rotatable bonds is 4. The van der Waals surface area contributed by atoms with Crippen LogP contribution in [0.1, 0.15) is 32.1 Å². The molecular formula is C11H18N4O2. The highest BCUT2D eigenvalue weighted by atomic mass is 16.3. The minimum absolute atomic E-state index is 0.0434. The maximum atomic E-state index is 11.7. The minimum Gasteiger partial charge on any atom is -0.393 e. The molecule has 0 aromatic carbocycles. The van der Waals surface area contributed by atoms with Gasteiger partial charge >= 0.3 is 0 Å². The summed E-state index contributed by atoms with van der Waals surface area (Å²) in [6, 6.07) is 0.224. The van der Waals surface area contributed by atoms with Crippen molar-refractivity contribution in [1.29, 1.82) is 0 Å². The van der Waals surface area contributed by atoms with Gasteiger partial charge in [0.15, 0.2) is 0 Å². The Kier molecular flexibility index (Phi) is 4.08. The molecule has 94 valence electrons. The number of nitrogens with zero attached hydrogens (tertiary/aromatic N) is 3. The number of hydrogen-bond donors (Lipinski definition) is 2. The van der Waals surface area contributed by atoms with E-state index in [1.165, 1.54) is 6.33 Å². The zero-order valence-electron chi connectivity index (χ0n) is 9.75. The summed E-state index contributed by atoms with van der Waals surface area (Å²) >= 11 is 0. The Bertz CT molecular complexity index is 344.